The first-order valence-corrected chi connectivity index (χ1v) is 4.01. The number of hydrogen-bond donors (Lipinski definition) is 0. The second kappa shape index (κ2) is 8.96. The summed E-state index contributed by atoms with van der Waals surface area (Å²) in [5.74, 6) is 0. The van der Waals surface area contributed by atoms with E-state index in [1.165, 1.54) is 0 Å². The third kappa shape index (κ3) is 8.96. The van der Waals surface area contributed by atoms with E-state index in [0.29, 0.717) is 0 Å². The van der Waals surface area contributed by atoms with Gasteiger partial charge >= 0.3 is 0 Å². The van der Waals surface area contributed by atoms with Crippen molar-refractivity contribution in [1.29, 1.82) is 0 Å². The maximum absolute atomic E-state index is 3.57. The predicted octanol–water partition coefficient (Wildman–Crippen LogP) is 3.64. The van der Waals surface area contributed by atoms with Crippen molar-refractivity contribution in [2.24, 2.45) is 0 Å². The van der Waals surface area contributed by atoms with Crippen LogP contribution in [0.3, 0.4) is 0 Å². The Morgan fingerprint density at radius 3 is 2.45 bits per heavy atom. The van der Waals surface area contributed by atoms with Crippen LogP contribution in [0.2, 0.25) is 0 Å². The van der Waals surface area contributed by atoms with Gasteiger partial charge in [0.15, 0.2) is 0 Å². The molecular formula is C11H16. The summed E-state index contributed by atoms with van der Waals surface area (Å²) in [5, 5.41) is 0. The zero-order valence-electron chi connectivity index (χ0n) is 7.16. The van der Waals surface area contributed by atoms with Gasteiger partial charge in [-0.15, -0.1) is 0 Å². The van der Waals surface area contributed by atoms with E-state index >= 15 is 0 Å². The first-order chi connectivity index (χ1) is 5.41. The van der Waals surface area contributed by atoms with Crippen molar-refractivity contribution in [1.82, 2.24) is 0 Å². The van der Waals surface area contributed by atoms with Gasteiger partial charge in [0.25, 0.3) is 0 Å². The van der Waals surface area contributed by atoms with E-state index in [0.717, 1.165) is 12.8 Å². The van der Waals surface area contributed by atoms with E-state index in [4.69, 9.17) is 0 Å². The Morgan fingerprint density at radius 2 is 1.82 bits per heavy atom. The van der Waals surface area contributed by atoms with Crippen molar-refractivity contribution in [3.8, 4) is 0 Å². The Labute approximate surface area is 69.6 Å². The van der Waals surface area contributed by atoms with Gasteiger partial charge in [-0.05, 0) is 12.8 Å². The maximum atomic E-state index is 3.57. The van der Waals surface area contributed by atoms with Crippen molar-refractivity contribution in [2.75, 3.05) is 0 Å². The van der Waals surface area contributed by atoms with Gasteiger partial charge in [0.2, 0.25) is 0 Å². The predicted molar refractivity (Wildman–Crippen MR) is 52.5 cm³/mol. The summed E-state index contributed by atoms with van der Waals surface area (Å²) in [6, 6.07) is 0. The first-order valence-electron chi connectivity index (χ1n) is 4.01. The lowest BCUT2D eigenvalue weighted by Crippen LogP contribution is -1.57. The minimum atomic E-state index is 1.02. The Kier molecular flexibility index (Phi) is 8.11. The lowest BCUT2D eigenvalue weighted by atomic mass is 10.3. The monoisotopic (exact) mass is 148 g/mol. The van der Waals surface area contributed by atoms with Crippen LogP contribution in [-0.2, 0) is 0 Å². The molecule has 11 heavy (non-hydrogen) atoms. The molecule has 0 atom stereocenters. The molecule has 0 heterocycles. The van der Waals surface area contributed by atoms with Crippen LogP contribution in [0.25, 0.3) is 0 Å². The Balaban J connectivity index is 3.36. The summed E-state index contributed by atoms with van der Waals surface area (Å²) in [7, 11) is 0. The summed E-state index contributed by atoms with van der Waals surface area (Å²) in [6.45, 7) is 5.71. The molecule has 0 rings (SSSR count). The molecule has 0 spiro atoms. The topological polar surface area (TPSA) is 0 Å². The molecule has 0 N–H and O–H groups in total. The van der Waals surface area contributed by atoms with Gasteiger partial charge < -0.3 is 0 Å². The summed E-state index contributed by atoms with van der Waals surface area (Å²) in [4.78, 5) is 0. The fraction of sp³-hybridized carbons (Fsp3) is 0.273. The molecule has 0 amide bonds. The number of rotatable bonds is 5. The van der Waals surface area contributed by atoms with E-state index in [9.17, 15) is 0 Å². The molecule has 60 valence electrons. The highest BCUT2D eigenvalue weighted by molar-refractivity contribution is 5.09. The van der Waals surface area contributed by atoms with E-state index in [-0.39, 0.29) is 0 Å². The van der Waals surface area contributed by atoms with Gasteiger partial charge in [-0.3, -0.25) is 0 Å². The molecule has 0 bridgehead atoms. The molecule has 0 saturated heterocycles. The van der Waals surface area contributed by atoms with Crippen LogP contribution in [0.4, 0.5) is 0 Å². The lowest BCUT2D eigenvalue weighted by Gasteiger charge is -1.79. The van der Waals surface area contributed by atoms with Crippen LogP contribution in [0, 0.1) is 0 Å². The molecule has 0 aliphatic rings. The second-order valence-electron chi connectivity index (χ2n) is 2.16. The van der Waals surface area contributed by atoms with Crippen molar-refractivity contribution >= 4 is 0 Å². The van der Waals surface area contributed by atoms with E-state index in [1.807, 2.05) is 18.2 Å². The van der Waals surface area contributed by atoms with E-state index < -0.39 is 0 Å². The van der Waals surface area contributed by atoms with Crippen molar-refractivity contribution < 1.29 is 0 Å². The summed E-state index contributed by atoms with van der Waals surface area (Å²) in [5.41, 5.74) is 0. The fourth-order valence-electron chi connectivity index (χ4n) is 0.641. The van der Waals surface area contributed by atoms with Gasteiger partial charge in [-0.2, -0.15) is 0 Å². The third-order valence-electron chi connectivity index (χ3n) is 1.17. The molecule has 0 aromatic heterocycles. The van der Waals surface area contributed by atoms with Crippen molar-refractivity contribution in [2.45, 2.75) is 19.8 Å². The summed E-state index contributed by atoms with van der Waals surface area (Å²) < 4.78 is 0. The quantitative estimate of drug-likeness (QED) is 0.412. The molecule has 0 aromatic carbocycles. The molecule has 0 aromatic rings. The Hall–Kier alpha value is -1.04. The van der Waals surface area contributed by atoms with Crippen molar-refractivity contribution in [3.05, 3.63) is 49.1 Å². The molecule has 0 radical (unpaired) electrons. The molecule has 0 aliphatic heterocycles. The van der Waals surface area contributed by atoms with Crippen LogP contribution in [0.5, 0.6) is 0 Å². The van der Waals surface area contributed by atoms with Crippen LogP contribution in [-0.4, -0.2) is 0 Å². The van der Waals surface area contributed by atoms with Gasteiger partial charge in [-0.25, -0.2) is 0 Å². The highest BCUT2D eigenvalue weighted by atomic mass is 13.7. The van der Waals surface area contributed by atoms with Crippen LogP contribution in [0.15, 0.2) is 49.1 Å². The normalized spacial score (nSPS) is 12.1. The summed E-state index contributed by atoms with van der Waals surface area (Å²) >= 11 is 0. The number of hydrogen-bond acceptors (Lipinski definition) is 0. The van der Waals surface area contributed by atoms with Gasteiger partial charge in [0.05, 0.1) is 0 Å². The fourth-order valence-corrected chi connectivity index (χ4v) is 0.641. The zero-order chi connectivity index (χ0) is 8.36. The lowest BCUT2D eigenvalue weighted by molar-refractivity contribution is 1.20. The Morgan fingerprint density at radius 1 is 1.00 bits per heavy atom. The Bertz CT molecular complexity index is 159. The zero-order valence-corrected chi connectivity index (χ0v) is 7.16. The average molecular weight is 148 g/mol. The molecule has 0 fully saturated rings. The third-order valence-corrected chi connectivity index (χ3v) is 1.17. The van der Waals surface area contributed by atoms with Crippen LogP contribution >= 0.6 is 0 Å². The minimum absolute atomic E-state index is 1.02. The van der Waals surface area contributed by atoms with E-state index in [2.05, 4.69) is 31.7 Å². The SMILES string of the molecule is C=C/C=C\C=C\C/C=C/CC. The van der Waals surface area contributed by atoms with Crippen LogP contribution in [0.1, 0.15) is 19.8 Å². The van der Waals surface area contributed by atoms with Gasteiger partial charge in [-0.1, -0.05) is 56.0 Å². The van der Waals surface area contributed by atoms with Gasteiger partial charge in [0, 0.05) is 0 Å². The standard InChI is InChI=1S/C11H16/c1-3-5-7-9-11-10-8-6-4-2/h3,5-9,11H,1,4,10H2,2H3/b7-5-,8-6+,11-9+. The summed E-state index contributed by atoms with van der Waals surface area (Å²) in [6.07, 6.45) is 16.3. The van der Waals surface area contributed by atoms with Gasteiger partial charge in [0.1, 0.15) is 0 Å². The molecule has 0 aliphatic carbocycles. The molecule has 0 saturated carbocycles. The second-order valence-corrected chi connectivity index (χ2v) is 2.16. The molecule has 0 heteroatoms. The highest BCUT2D eigenvalue weighted by Crippen LogP contribution is 1.88. The van der Waals surface area contributed by atoms with E-state index in [1.54, 1.807) is 6.08 Å². The minimum Gasteiger partial charge on any atom is -0.0991 e. The molecular weight excluding hydrogens is 132 g/mol. The maximum Gasteiger partial charge on any atom is -0.0166 e. The smallest absolute Gasteiger partial charge is 0.0166 e. The first kappa shape index (κ1) is 9.96. The largest absolute Gasteiger partial charge is 0.0991 e. The molecule has 0 unspecified atom stereocenters. The number of allylic oxidation sites excluding steroid dienone is 7. The van der Waals surface area contributed by atoms with Crippen LogP contribution < -0.4 is 0 Å². The molecule has 0 nitrogen and oxygen atoms in total. The van der Waals surface area contributed by atoms with Crippen molar-refractivity contribution in [3.63, 3.8) is 0 Å². The average Bonchev–Trinajstić information content (AvgIpc) is 2.03. The highest BCUT2D eigenvalue weighted by Gasteiger charge is 1.67.